The van der Waals surface area contributed by atoms with Gasteiger partial charge in [-0.3, -0.25) is 0 Å². The molecule has 0 N–H and O–H groups in total. The Hall–Kier alpha value is -0.0700. The lowest BCUT2D eigenvalue weighted by molar-refractivity contribution is 0.602. The van der Waals surface area contributed by atoms with Crippen LogP contribution in [0.3, 0.4) is 0 Å². The smallest absolute Gasteiger partial charge is 0.175 e. The molecular weight excluding hydrogens is 391 g/mol. The first-order valence-corrected chi connectivity index (χ1v) is 9.56. The molecule has 0 saturated carbocycles. The van der Waals surface area contributed by atoms with E-state index in [-0.39, 0.29) is 9.72 Å². The first kappa shape index (κ1) is 15.3. The standard InChI is InChI=1S/C12H9BrCl2O2S2/c1-19(16,17)8-4-2-3-7(5-8)11(13)9-6-10(14)18-12(9)15/h2-6,11H,1H3. The van der Waals surface area contributed by atoms with Gasteiger partial charge in [0.15, 0.2) is 9.84 Å². The molecule has 0 saturated heterocycles. The van der Waals surface area contributed by atoms with E-state index in [0.717, 1.165) is 11.1 Å². The molecular formula is C12H9BrCl2O2S2. The zero-order valence-electron chi connectivity index (χ0n) is 9.73. The summed E-state index contributed by atoms with van der Waals surface area (Å²) in [6, 6.07) is 8.54. The average molecular weight is 400 g/mol. The normalized spacial score (nSPS) is 13.5. The predicted molar refractivity (Wildman–Crippen MR) is 84.7 cm³/mol. The van der Waals surface area contributed by atoms with Crippen molar-refractivity contribution in [2.45, 2.75) is 9.72 Å². The maximum atomic E-state index is 11.6. The van der Waals surface area contributed by atoms with Gasteiger partial charge in [0, 0.05) is 11.8 Å². The SMILES string of the molecule is CS(=O)(=O)c1cccc(C(Br)c2cc(Cl)sc2Cl)c1. The Bertz CT molecular complexity index is 710. The Morgan fingerprint density at radius 3 is 2.47 bits per heavy atom. The van der Waals surface area contributed by atoms with Gasteiger partial charge in [-0.15, -0.1) is 11.3 Å². The summed E-state index contributed by atoms with van der Waals surface area (Å²) in [5, 5.41) is 0. The highest BCUT2D eigenvalue weighted by molar-refractivity contribution is 9.09. The van der Waals surface area contributed by atoms with Crippen molar-refractivity contribution in [1.82, 2.24) is 0 Å². The van der Waals surface area contributed by atoms with Crippen LogP contribution in [-0.4, -0.2) is 14.7 Å². The van der Waals surface area contributed by atoms with Crippen LogP contribution in [0.25, 0.3) is 0 Å². The molecule has 1 aromatic heterocycles. The van der Waals surface area contributed by atoms with E-state index < -0.39 is 9.84 Å². The second kappa shape index (κ2) is 5.74. The molecule has 0 bridgehead atoms. The third kappa shape index (κ3) is 3.52. The van der Waals surface area contributed by atoms with Crippen LogP contribution in [0.2, 0.25) is 8.67 Å². The Balaban J connectivity index is 2.45. The van der Waals surface area contributed by atoms with Gasteiger partial charge in [0.25, 0.3) is 0 Å². The van der Waals surface area contributed by atoms with Crippen molar-refractivity contribution >= 4 is 60.3 Å². The molecule has 1 unspecified atom stereocenters. The molecule has 0 spiro atoms. The molecule has 0 aliphatic heterocycles. The lowest BCUT2D eigenvalue weighted by Crippen LogP contribution is -1.99. The van der Waals surface area contributed by atoms with Gasteiger partial charge in [-0.2, -0.15) is 0 Å². The lowest BCUT2D eigenvalue weighted by Gasteiger charge is -2.10. The first-order chi connectivity index (χ1) is 8.79. The minimum atomic E-state index is -3.22. The van der Waals surface area contributed by atoms with E-state index in [2.05, 4.69) is 15.9 Å². The number of hydrogen-bond donors (Lipinski definition) is 0. The molecule has 0 fully saturated rings. The van der Waals surface area contributed by atoms with Crippen molar-refractivity contribution in [3.63, 3.8) is 0 Å². The minimum absolute atomic E-state index is 0.189. The number of sulfone groups is 1. The van der Waals surface area contributed by atoms with Crippen molar-refractivity contribution in [2.75, 3.05) is 6.26 Å². The van der Waals surface area contributed by atoms with Crippen LogP contribution >= 0.6 is 50.5 Å². The first-order valence-electron chi connectivity index (χ1n) is 5.18. The molecule has 2 aromatic rings. The summed E-state index contributed by atoms with van der Waals surface area (Å²) in [6.07, 6.45) is 1.18. The zero-order chi connectivity index (χ0) is 14.2. The third-order valence-electron chi connectivity index (χ3n) is 2.54. The van der Waals surface area contributed by atoms with Gasteiger partial charge in [-0.1, -0.05) is 51.3 Å². The summed E-state index contributed by atoms with van der Waals surface area (Å²) < 4.78 is 24.3. The van der Waals surface area contributed by atoms with Crippen LogP contribution in [0.1, 0.15) is 16.0 Å². The van der Waals surface area contributed by atoms with Gasteiger partial charge in [0.2, 0.25) is 0 Å². The predicted octanol–water partition coefficient (Wildman–Crippen LogP) is 4.94. The molecule has 102 valence electrons. The highest BCUT2D eigenvalue weighted by Crippen LogP contribution is 2.41. The molecule has 7 heteroatoms. The maximum Gasteiger partial charge on any atom is 0.175 e. The highest BCUT2D eigenvalue weighted by atomic mass is 79.9. The van der Waals surface area contributed by atoms with E-state index >= 15 is 0 Å². The molecule has 0 aliphatic rings. The monoisotopic (exact) mass is 398 g/mol. The summed E-state index contributed by atoms with van der Waals surface area (Å²) in [7, 11) is -3.22. The second-order valence-corrected chi connectivity index (χ2v) is 9.20. The number of thiophene rings is 1. The van der Waals surface area contributed by atoms with Crippen molar-refractivity contribution in [3.05, 3.63) is 50.1 Å². The van der Waals surface area contributed by atoms with E-state index in [0.29, 0.717) is 8.67 Å². The average Bonchev–Trinajstić information content (AvgIpc) is 2.66. The van der Waals surface area contributed by atoms with E-state index in [9.17, 15) is 8.42 Å². The maximum absolute atomic E-state index is 11.6. The van der Waals surface area contributed by atoms with Crippen LogP contribution in [0.15, 0.2) is 35.2 Å². The molecule has 0 amide bonds. The molecule has 0 radical (unpaired) electrons. The third-order valence-corrected chi connectivity index (χ3v) is 6.19. The topological polar surface area (TPSA) is 34.1 Å². The van der Waals surface area contributed by atoms with Crippen LogP contribution in [0.4, 0.5) is 0 Å². The van der Waals surface area contributed by atoms with Gasteiger partial charge in [-0.25, -0.2) is 8.42 Å². The van der Waals surface area contributed by atoms with Crippen LogP contribution < -0.4 is 0 Å². The number of alkyl halides is 1. The number of halogens is 3. The number of benzene rings is 1. The van der Waals surface area contributed by atoms with Crippen LogP contribution in [0.5, 0.6) is 0 Å². The molecule has 1 aromatic carbocycles. The van der Waals surface area contributed by atoms with E-state index in [4.69, 9.17) is 23.2 Å². The highest BCUT2D eigenvalue weighted by Gasteiger charge is 2.18. The molecule has 2 nitrogen and oxygen atoms in total. The second-order valence-electron chi connectivity index (χ2n) is 3.99. The Labute approximate surface area is 134 Å². The van der Waals surface area contributed by atoms with Crippen molar-refractivity contribution < 1.29 is 8.42 Å². The number of rotatable bonds is 3. The van der Waals surface area contributed by atoms with Gasteiger partial charge in [0.1, 0.15) is 0 Å². The van der Waals surface area contributed by atoms with Crippen LogP contribution in [0, 0.1) is 0 Å². The summed E-state index contributed by atoms with van der Waals surface area (Å²) >= 11 is 16.8. The Kier molecular flexibility index (Phi) is 4.63. The van der Waals surface area contributed by atoms with E-state index in [1.165, 1.54) is 17.6 Å². The van der Waals surface area contributed by atoms with Crippen molar-refractivity contribution in [1.29, 1.82) is 0 Å². The Morgan fingerprint density at radius 1 is 1.26 bits per heavy atom. The minimum Gasteiger partial charge on any atom is -0.224 e. The van der Waals surface area contributed by atoms with E-state index in [1.54, 1.807) is 24.3 Å². The fourth-order valence-corrected chi connectivity index (χ4v) is 4.75. The van der Waals surface area contributed by atoms with Crippen molar-refractivity contribution in [2.24, 2.45) is 0 Å². The fourth-order valence-electron chi connectivity index (χ4n) is 1.61. The summed E-state index contributed by atoms with van der Waals surface area (Å²) in [4.78, 5) is 0.0948. The van der Waals surface area contributed by atoms with Gasteiger partial charge >= 0.3 is 0 Å². The van der Waals surface area contributed by atoms with Crippen molar-refractivity contribution in [3.8, 4) is 0 Å². The molecule has 1 atom stereocenters. The quantitative estimate of drug-likeness (QED) is 0.684. The van der Waals surface area contributed by atoms with Gasteiger partial charge in [-0.05, 0) is 23.8 Å². The largest absolute Gasteiger partial charge is 0.224 e. The fraction of sp³-hybridized carbons (Fsp3) is 0.167. The molecule has 1 heterocycles. The van der Waals surface area contributed by atoms with Crippen LogP contribution in [-0.2, 0) is 9.84 Å². The summed E-state index contributed by atoms with van der Waals surface area (Å²) in [6.45, 7) is 0. The summed E-state index contributed by atoms with van der Waals surface area (Å²) in [5.74, 6) is 0. The van der Waals surface area contributed by atoms with Gasteiger partial charge < -0.3 is 0 Å². The van der Waals surface area contributed by atoms with E-state index in [1.807, 2.05) is 6.07 Å². The zero-order valence-corrected chi connectivity index (χ0v) is 14.5. The van der Waals surface area contributed by atoms with Gasteiger partial charge in [0.05, 0.1) is 18.4 Å². The molecule has 2 rings (SSSR count). The number of hydrogen-bond acceptors (Lipinski definition) is 3. The Morgan fingerprint density at radius 2 is 1.95 bits per heavy atom. The molecule has 19 heavy (non-hydrogen) atoms. The lowest BCUT2D eigenvalue weighted by atomic mass is 10.1. The summed E-state index contributed by atoms with van der Waals surface area (Å²) in [5.41, 5.74) is 1.65. The molecule has 0 aliphatic carbocycles.